The van der Waals surface area contributed by atoms with E-state index in [0.29, 0.717) is 11.5 Å². The monoisotopic (exact) mass is 287 g/mol. The molecule has 5 nitrogen and oxygen atoms in total. The molecule has 3 rings (SSSR count). The Morgan fingerprint density at radius 1 is 1.00 bits per heavy atom. The number of aromatic nitrogens is 4. The van der Waals surface area contributed by atoms with Crippen molar-refractivity contribution < 1.29 is 8.78 Å². The van der Waals surface area contributed by atoms with Crippen LogP contribution in [0.25, 0.3) is 5.69 Å². The van der Waals surface area contributed by atoms with Crippen LogP contribution in [0.15, 0.2) is 48.5 Å². The standard InChI is InChI=1S/C14H11F2N5/c15-12-7-6-10(8-13(12)16)17-9-14-18-19-20-21(14)11-4-2-1-3-5-11/h1-8,17H,9H2. The molecule has 106 valence electrons. The highest BCUT2D eigenvalue weighted by Crippen LogP contribution is 2.14. The Kier molecular flexibility index (Phi) is 3.55. The maximum absolute atomic E-state index is 13.1. The van der Waals surface area contributed by atoms with Gasteiger partial charge in [0.2, 0.25) is 0 Å². The summed E-state index contributed by atoms with van der Waals surface area (Å²) in [4.78, 5) is 0. The minimum atomic E-state index is -0.900. The molecule has 0 unspecified atom stereocenters. The Hall–Kier alpha value is -2.83. The number of nitrogens with zero attached hydrogens (tertiary/aromatic N) is 4. The minimum Gasteiger partial charge on any atom is -0.378 e. The third-order valence-electron chi connectivity index (χ3n) is 2.91. The van der Waals surface area contributed by atoms with Crippen molar-refractivity contribution in [1.82, 2.24) is 20.2 Å². The van der Waals surface area contributed by atoms with Crippen molar-refractivity contribution in [2.45, 2.75) is 6.54 Å². The molecule has 0 saturated carbocycles. The van der Waals surface area contributed by atoms with Gasteiger partial charge in [0.05, 0.1) is 12.2 Å². The first-order valence-electron chi connectivity index (χ1n) is 6.25. The zero-order valence-corrected chi connectivity index (χ0v) is 10.9. The molecule has 0 saturated heterocycles. The number of rotatable bonds is 4. The van der Waals surface area contributed by atoms with Crippen LogP contribution in [0.1, 0.15) is 5.82 Å². The zero-order chi connectivity index (χ0) is 14.7. The lowest BCUT2D eigenvalue weighted by Gasteiger charge is -2.07. The number of hydrogen-bond donors (Lipinski definition) is 1. The highest BCUT2D eigenvalue weighted by molar-refractivity contribution is 5.43. The second-order valence-corrected chi connectivity index (χ2v) is 4.32. The molecule has 0 atom stereocenters. The molecule has 1 heterocycles. The first-order chi connectivity index (χ1) is 10.2. The maximum atomic E-state index is 13.1. The van der Waals surface area contributed by atoms with Crippen molar-refractivity contribution in [3.05, 3.63) is 66.0 Å². The van der Waals surface area contributed by atoms with E-state index >= 15 is 0 Å². The van der Waals surface area contributed by atoms with E-state index in [4.69, 9.17) is 0 Å². The Labute approximate surface area is 119 Å². The zero-order valence-electron chi connectivity index (χ0n) is 10.9. The number of benzene rings is 2. The van der Waals surface area contributed by atoms with Crippen LogP contribution >= 0.6 is 0 Å². The van der Waals surface area contributed by atoms with Crippen molar-refractivity contribution in [3.8, 4) is 5.69 Å². The van der Waals surface area contributed by atoms with Crippen LogP contribution in [0.5, 0.6) is 0 Å². The van der Waals surface area contributed by atoms with Gasteiger partial charge in [-0.3, -0.25) is 0 Å². The summed E-state index contributed by atoms with van der Waals surface area (Å²) in [7, 11) is 0. The van der Waals surface area contributed by atoms with Gasteiger partial charge in [0.15, 0.2) is 17.5 Å². The summed E-state index contributed by atoms with van der Waals surface area (Å²) in [6, 6.07) is 13.0. The van der Waals surface area contributed by atoms with Gasteiger partial charge in [0, 0.05) is 11.8 Å². The quantitative estimate of drug-likeness (QED) is 0.801. The second kappa shape index (κ2) is 5.66. The molecule has 3 aromatic rings. The van der Waals surface area contributed by atoms with Gasteiger partial charge in [0.1, 0.15) is 0 Å². The predicted molar refractivity (Wildman–Crippen MR) is 72.8 cm³/mol. The summed E-state index contributed by atoms with van der Waals surface area (Å²) in [6.07, 6.45) is 0. The lowest BCUT2D eigenvalue weighted by Crippen LogP contribution is -2.08. The van der Waals surface area contributed by atoms with Crippen molar-refractivity contribution in [3.63, 3.8) is 0 Å². The molecule has 0 aliphatic carbocycles. The van der Waals surface area contributed by atoms with Crippen LogP contribution < -0.4 is 5.32 Å². The number of tetrazole rings is 1. The fraction of sp³-hybridized carbons (Fsp3) is 0.0714. The molecule has 0 aliphatic heterocycles. The predicted octanol–water partition coefficient (Wildman–Crippen LogP) is 2.55. The molecule has 21 heavy (non-hydrogen) atoms. The third kappa shape index (κ3) is 2.86. The van der Waals surface area contributed by atoms with E-state index in [9.17, 15) is 8.78 Å². The Morgan fingerprint density at radius 3 is 2.57 bits per heavy atom. The van der Waals surface area contributed by atoms with E-state index in [-0.39, 0.29) is 6.54 Å². The van der Waals surface area contributed by atoms with Crippen LogP contribution in [-0.2, 0) is 6.54 Å². The molecule has 7 heteroatoms. The molecule has 2 aromatic carbocycles. The second-order valence-electron chi connectivity index (χ2n) is 4.32. The largest absolute Gasteiger partial charge is 0.378 e. The van der Waals surface area contributed by atoms with Crippen LogP contribution in [0.2, 0.25) is 0 Å². The van der Waals surface area contributed by atoms with Crippen molar-refractivity contribution in [1.29, 1.82) is 0 Å². The first kappa shape index (κ1) is 13.2. The van der Waals surface area contributed by atoms with E-state index in [0.717, 1.165) is 17.8 Å². The lowest BCUT2D eigenvalue weighted by molar-refractivity contribution is 0.509. The Morgan fingerprint density at radius 2 is 1.81 bits per heavy atom. The fourth-order valence-corrected chi connectivity index (χ4v) is 1.87. The van der Waals surface area contributed by atoms with Gasteiger partial charge in [-0.25, -0.2) is 8.78 Å². The van der Waals surface area contributed by atoms with Gasteiger partial charge in [-0.1, -0.05) is 18.2 Å². The van der Waals surface area contributed by atoms with Gasteiger partial charge in [-0.2, -0.15) is 4.68 Å². The summed E-state index contributed by atoms with van der Waals surface area (Å²) < 4.78 is 27.6. The summed E-state index contributed by atoms with van der Waals surface area (Å²) in [5.74, 6) is -1.22. The Bertz CT molecular complexity index is 742. The van der Waals surface area contributed by atoms with Gasteiger partial charge >= 0.3 is 0 Å². The highest BCUT2D eigenvalue weighted by Gasteiger charge is 2.08. The fourth-order valence-electron chi connectivity index (χ4n) is 1.87. The molecule has 0 spiro atoms. The average molecular weight is 287 g/mol. The number of anilines is 1. The average Bonchev–Trinajstić information content (AvgIpc) is 2.98. The normalized spacial score (nSPS) is 10.6. The van der Waals surface area contributed by atoms with Crippen molar-refractivity contribution in [2.75, 3.05) is 5.32 Å². The highest BCUT2D eigenvalue weighted by atomic mass is 19.2. The topological polar surface area (TPSA) is 55.6 Å². The van der Waals surface area contributed by atoms with E-state index in [2.05, 4.69) is 20.8 Å². The smallest absolute Gasteiger partial charge is 0.175 e. The molecule has 0 aliphatic rings. The van der Waals surface area contributed by atoms with E-state index in [1.54, 1.807) is 4.68 Å². The molecule has 0 amide bonds. The van der Waals surface area contributed by atoms with Gasteiger partial charge < -0.3 is 5.32 Å². The minimum absolute atomic E-state index is 0.285. The van der Waals surface area contributed by atoms with Crippen LogP contribution in [0.3, 0.4) is 0 Å². The third-order valence-corrected chi connectivity index (χ3v) is 2.91. The number of halogens is 2. The van der Waals surface area contributed by atoms with E-state index < -0.39 is 11.6 Å². The first-order valence-corrected chi connectivity index (χ1v) is 6.25. The number of hydrogen-bond acceptors (Lipinski definition) is 4. The van der Waals surface area contributed by atoms with Crippen molar-refractivity contribution in [2.24, 2.45) is 0 Å². The number of nitrogens with one attached hydrogen (secondary N) is 1. The molecular weight excluding hydrogens is 276 g/mol. The van der Waals surface area contributed by atoms with Crippen LogP contribution in [-0.4, -0.2) is 20.2 Å². The summed E-state index contributed by atoms with van der Waals surface area (Å²) in [5, 5.41) is 14.4. The Balaban J connectivity index is 1.77. The molecule has 1 N–H and O–H groups in total. The molecular formula is C14H11F2N5. The molecule has 0 fully saturated rings. The lowest BCUT2D eigenvalue weighted by atomic mass is 10.3. The van der Waals surface area contributed by atoms with Gasteiger partial charge in [-0.05, 0) is 34.7 Å². The maximum Gasteiger partial charge on any atom is 0.175 e. The van der Waals surface area contributed by atoms with E-state index in [1.807, 2.05) is 30.3 Å². The molecule has 0 radical (unpaired) electrons. The number of para-hydroxylation sites is 1. The summed E-state index contributed by atoms with van der Waals surface area (Å²) in [6.45, 7) is 0.285. The van der Waals surface area contributed by atoms with Crippen LogP contribution in [0, 0.1) is 11.6 Å². The molecule has 1 aromatic heterocycles. The van der Waals surface area contributed by atoms with Crippen molar-refractivity contribution >= 4 is 5.69 Å². The summed E-state index contributed by atoms with van der Waals surface area (Å²) >= 11 is 0. The summed E-state index contributed by atoms with van der Waals surface area (Å²) in [5.41, 5.74) is 1.28. The van der Waals surface area contributed by atoms with Crippen LogP contribution in [0.4, 0.5) is 14.5 Å². The molecule has 0 bridgehead atoms. The van der Waals surface area contributed by atoms with E-state index in [1.165, 1.54) is 6.07 Å². The SMILES string of the molecule is Fc1ccc(NCc2nnnn2-c2ccccc2)cc1F. The van der Waals surface area contributed by atoms with Gasteiger partial charge in [0.25, 0.3) is 0 Å². The van der Waals surface area contributed by atoms with Gasteiger partial charge in [-0.15, -0.1) is 5.10 Å².